The molecule has 20 aromatic carbocycles. The summed E-state index contributed by atoms with van der Waals surface area (Å²) in [6, 6.07) is 153. The summed E-state index contributed by atoms with van der Waals surface area (Å²) in [5.41, 5.74) is 27.6. The molecule has 552 valence electrons. The second-order valence-electron chi connectivity index (χ2n) is 31.4. The molecule has 0 unspecified atom stereocenters. The van der Waals surface area contributed by atoms with Gasteiger partial charge in [-0.05, 0) is 234 Å². The fourth-order valence-corrected chi connectivity index (χ4v) is 18.7. The number of hydrogen-bond donors (Lipinski definition) is 0. The average Bonchev–Trinajstić information content (AvgIpc) is 1.65. The van der Waals surface area contributed by atoms with E-state index < -0.39 is 0 Å². The van der Waals surface area contributed by atoms with Gasteiger partial charge in [-0.3, -0.25) is 13.2 Å². The normalized spacial score (nSPS) is 11.9. The Bertz CT molecular complexity index is 8640. The van der Waals surface area contributed by atoms with Crippen LogP contribution in [0.1, 0.15) is 0 Å². The van der Waals surface area contributed by atoms with E-state index in [9.17, 15) is 0 Å². The first kappa shape index (κ1) is 67.6. The van der Waals surface area contributed by atoms with E-state index in [2.05, 4.69) is 438 Å². The highest BCUT2D eigenvalue weighted by Gasteiger charge is 2.21. The fraction of sp³-hybridized carbons (Fsp3) is 0. The highest BCUT2D eigenvalue weighted by molar-refractivity contribution is 6.21. The van der Waals surface area contributed by atoms with Crippen molar-refractivity contribution in [3.63, 3.8) is 0 Å². The largest absolute Gasteiger partial charge is 0.292 e. The second kappa shape index (κ2) is 27.4. The molecule has 6 nitrogen and oxygen atoms in total. The maximum atomic E-state index is 5.14. The van der Waals surface area contributed by atoms with Crippen LogP contribution in [-0.4, -0.2) is 28.2 Å². The topological polar surface area (TPSA) is 51.9 Å². The van der Waals surface area contributed by atoms with Gasteiger partial charge in [-0.25, -0.2) is 15.0 Å². The summed E-state index contributed by atoms with van der Waals surface area (Å²) in [5, 5.41) is 23.5. The number of rotatable bonds is 6. The Balaban J connectivity index is 0.000000102. The van der Waals surface area contributed by atoms with E-state index in [0.29, 0.717) is 0 Å². The van der Waals surface area contributed by atoms with E-state index in [4.69, 9.17) is 15.0 Å². The highest BCUT2D eigenvalue weighted by atomic mass is 15.0. The molecule has 6 aromatic heterocycles. The van der Waals surface area contributed by atoms with Gasteiger partial charge < -0.3 is 0 Å². The summed E-state index contributed by atoms with van der Waals surface area (Å²) in [5.74, 6) is 0. The minimum atomic E-state index is 1.00. The van der Waals surface area contributed by atoms with Crippen LogP contribution in [0.25, 0.3) is 236 Å². The SMILES string of the molecule is c1ccc(-c2ccc(-c3ccc4c5cc6ccccc6cc5c5nc6ccccc6n5c4c3)cc2)cc1.c1ccc2cc(-c3ccc(-c4ccc5c6cc7ccccc7cc6c6nc7ccccc7n6c5c4)cc3)ccc2c1.c1ccc2cc3c(cc2c1)c1ccc(-c2ccc(-c4cccc5ccccc45)cc2)cc1n1c2ccccc2nc31. The lowest BCUT2D eigenvalue weighted by Gasteiger charge is -2.13. The molecular weight excluding hydrogens is 1440 g/mol. The first-order valence-electron chi connectivity index (χ1n) is 40.8. The summed E-state index contributed by atoms with van der Waals surface area (Å²) in [6.45, 7) is 0. The highest BCUT2D eigenvalue weighted by Crippen LogP contribution is 2.43. The third-order valence-corrected chi connectivity index (χ3v) is 24.6. The van der Waals surface area contributed by atoms with Gasteiger partial charge >= 0.3 is 0 Å². The van der Waals surface area contributed by atoms with Gasteiger partial charge in [0.15, 0.2) is 0 Å². The lowest BCUT2D eigenvalue weighted by atomic mass is 9.95. The molecule has 0 spiro atoms. The maximum Gasteiger partial charge on any atom is 0.146 e. The smallest absolute Gasteiger partial charge is 0.146 e. The molecule has 26 aromatic rings. The van der Waals surface area contributed by atoms with Crippen LogP contribution in [0.15, 0.2) is 425 Å². The third-order valence-electron chi connectivity index (χ3n) is 24.6. The van der Waals surface area contributed by atoms with E-state index in [1.165, 1.54) is 186 Å². The molecule has 0 fully saturated rings. The Hall–Kier alpha value is -15.9. The molecule has 0 atom stereocenters. The van der Waals surface area contributed by atoms with Crippen molar-refractivity contribution in [3.8, 4) is 66.8 Å². The van der Waals surface area contributed by atoms with E-state index in [1.807, 2.05) is 0 Å². The average molecular weight is 1510 g/mol. The molecule has 6 heterocycles. The molecular formula is C113H70N6. The monoisotopic (exact) mass is 1510 g/mol. The number of aromatic nitrogens is 6. The molecule has 0 aliphatic heterocycles. The van der Waals surface area contributed by atoms with Gasteiger partial charge in [0.1, 0.15) is 16.9 Å². The van der Waals surface area contributed by atoms with E-state index in [0.717, 1.165) is 50.0 Å². The van der Waals surface area contributed by atoms with Gasteiger partial charge in [-0.1, -0.05) is 328 Å². The molecule has 0 saturated carbocycles. The molecule has 26 rings (SSSR count). The molecule has 119 heavy (non-hydrogen) atoms. The predicted octanol–water partition coefficient (Wildman–Crippen LogP) is 30.1. The lowest BCUT2D eigenvalue weighted by Crippen LogP contribution is -1.93. The summed E-state index contributed by atoms with van der Waals surface area (Å²) >= 11 is 0. The Morgan fingerprint density at radius 3 is 0.798 bits per heavy atom. The van der Waals surface area contributed by atoms with Crippen molar-refractivity contribution in [1.82, 2.24) is 28.2 Å². The number of benzene rings is 20. The Kier molecular flexibility index (Phi) is 15.6. The fourth-order valence-electron chi connectivity index (χ4n) is 18.7. The van der Waals surface area contributed by atoms with Crippen LogP contribution in [0.4, 0.5) is 0 Å². The molecule has 6 heteroatoms. The number of fused-ring (bicyclic) bond motifs is 29. The van der Waals surface area contributed by atoms with Crippen LogP contribution in [0.3, 0.4) is 0 Å². The molecule has 0 N–H and O–H groups in total. The van der Waals surface area contributed by atoms with Crippen molar-refractivity contribution in [1.29, 1.82) is 0 Å². The summed E-state index contributed by atoms with van der Waals surface area (Å²) in [4.78, 5) is 15.4. The zero-order valence-electron chi connectivity index (χ0n) is 64.6. The summed E-state index contributed by atoms with van der Waals surface area (Å²) in [7, 11) is 0. The van der Waals surface area contributed by atoms with Crippen molar-refractivity contribution in [2.24, 2.45) is 0 Å². The van der Waals surface area contributed by atoms with Gasteiger partial charge in [0.2, 0.25) is 0 Å². The van der Waals surface area contributed by atoms with E-state index >= 15 is 0 Å². The molecule has 0 amide bonds. The molecule has 0 aliphatic rings. The quantitative estimate of drug-likeness (QED) is 0.123. The first-order valence-corrected chi connectivity index (χ1v) is 40.8. The zero-order chi connectivity index (χ0) is 78.2. The van der Waals surface area contributed by atoms with E-state index in [1.54, 1.807) is 0 Å². The van der Waals surface area contributed by atoms with Crippen LogP contribution in [0.5, 0.6) is 0 Å². The van der Waals surface area contributed by atoms with Crippen LogP contribution in [0, 0.1) is 0 Å². The van der Waals surface area contributed by atoms with Crippen LogP contribution in [0.2, 0.25) is 0 Å². The lowest BCUT2D eigenvalue weighted by molar-refractivity contribution is 1.32. The van der Waals surface area contributed by atoms with E-state index in [-0.39, 0.29) is 0 Å². The van der Waals surface area contributed by atoms with Crippen LogP contribution < -0.4 is 0 Å². The number of nitrogens with zero attached hydrogens (tertiary/aromatic N) is 6. The standard InChI is InChI=1S/2C39H24N2.C35H22N2/c1-2-10-29-23-35-34(22-28(29)9-1)33-21-20-30(24-38(33)41-37-15-6-5-14-36(37)40-39(35)41)25-16-18-27(19-17-25)32-13-7-11-26-8-3-4-12-31(26)32;1-2-8-28-21-31(18-17-25(28)7-1)26-13-15-27(16-14-26)32-19-20-33-34-22-29-9-3-4-10-30(29)23-35(34)39-40-36-11-5-6-12-37(36)41(39)38(33)24-32;1-2-8-23(9-3-1)24-14-16-25(17-15-24)28-18-19-29-30-20-26-10-4-5-11-27(26)21-31(30)35-36-32-12-6-7-13-33(32)37(35)34(29)22-28/h2*1-24H;1-22H. The molecule has 0 saturated heterocycles. The van der Waals surface area contributed by atoms with Crippen molar-refractivity contribution in [2.75, 3.05) is 0 Å². The summed E-state index contributed by atoms with van der Waals surface area (Å²) in [6.07, 6.45) is 0. The number of imidazole rings is 3. The number of pyridine rings is 3. The van der Waals surface area contributed by atoms with Crippen molar-refractivity contribution in [3.05, 3.63) is 425 Å². The van der Waals surface area contributed by atoms with Crippen molar-refractivity contribution in [2.45, 2.75) is 0 Å². The van der Waals surface area contributed by atoms with Crippen molar-refractivity contribution >= 4 is 169 Å². The van der Waals surface area contributed by atoms with Gasteiger partial charge in [0.05, 0.1) is 49.7 Å². The number of para-hydroxylation sites is 6. The van der Waals surface area contributed by atoms with Gasteiger partial charge in [-0.2, -0.15) is 0 Å². The Morgan fingerprint density at radius 2 is 0.403 bits per heavy atom. The zero-order valence-corrected chi connectivity index (χ0v) is 64.6. The Labute approximate surface area is 683 Å². The van der Waals surface area contributed by atoms with Gasteiger partial charge in [0, 0.05) is 32.3 Å². The second-order valence-corrected chi connectivity index (χ2v) is 31.4. The van der Waals surface area contributed by atoms with Gasteiger partial charge in [0.25, 0.3) is 0 Å². The maximum absolute atomic E-state index is 5.14. The number of hydrogen-bond acceptors (Lipinski definition) is 3. The summed E-state index contributed by atoms with van der Waals surface area (Å²) < 4.78 is 7.02. The Morgan fingerprint density at radius 1 is 0.134 bits per heavy atom. The molecule has 0 aliphatic carbocycles. The van der Waals surface area contributed by atoms with Gasteiger partial charge in [-0.15, -0.1) is 0 Å². The third kappa shape index (κ3) is 11.4. The molecule has 0 radical (unpaired) electrons. The predicted molar refractivity (Wildman–Crippen MR) is 503 cm³/mol. The minimum Gasteiger partial charge on any atom is -0.292 e. The van der Waals surface area contributed by atoms with Crippen LogP contribution in [-0.2, 0) is 0 Å². The molecule has 0 bridgehead atoms. The first-order chi connectivity index (χ1) is 58.9. The minimum absolute atomic E-state index is 1.00. The van der Waals surface area contributed by atoms with Crippen LogP contribution >= 0.6 is 0 Å². The van der Waals surface area contributed by atoms with Crippen molar-refractivity contribution < 1.29 is 0 Å².